The molecule has 100 valence electrons. The molecule has 1 aromatic rings. The van der Waals surface area contributed by atoms with E-state index in [9.17, 15) is 9.18 Å². The Morgan fingerprint density at radius 2 is 2.22 bits per heavy atom. The van der Waals surface area contributed by atoms with Crippen LogP contribution in [0.1, 0.15) is 25.8 Å². The first-order valence-electron chi connectivity index (χ1n) is 5.93. The summed E-state index contributed by atoms with van der Waals surface area (Å²) in [7, 11) is 0. The van der Waals surface area contributed by atoms with Gasteiger partial charge in [0, 0.05) is 11.0 Å². The van der Waals surface area contributed by atoms with E-state index in [1.807, 2.05) is 13.8 Å². The first kappa shape index (κ1) is 15.1. The molecule has 3 N–H and O–H groups in total. The summed E-state index contributed by atoms with van der Waals surface area (Å²) in [5.41, 5.74) is 6.63. The summed E-state index contributed by atoms with van der Waals surface area (Å²) >= 11 is 3.25. The predicted molar refractivity (Wildman–Crippen MR) is 73.4 cm³/mol. The molecule has 5 heteroatoms. The molecule has 18 heavy (non-hydrogen) atoms. The van der Waals surface area contributed by atoms with Crippen LogP contribution < -0.4 is 11.1 Å². The van der Waals surface area contributed by atoms with Gasteiger partial charge in [0.2, 0.25) is 5.91 Å². The van der Waals surface area contributed by atoms with Crippen molar-refractivity contribution in [2.24, 2.45) is 11.7 Å². The summed E-state index contributed by atoms with van der Waals surface area (Å²) in [4.78, 5) is 11.8. The van der Waals surface area contributed by atoms with Gasteiger partial charge in [0.1, 0.15) is 5.82 Å². The lowest BCUT2D eigenvalue weighted by atomic mass is 9.99. The highest BCUT2D eigenvalue weighted by Crippen LogP contribution is 2.17. The second kappa shape index (κ2) is 6.85. The Kier molecular flexibility index (Phi) is 5.75. The van der Waals surface area contributed by atoms with E-state index >= 15 is 0 Å². The van der Waals surface area contributed by atoms with E-state index < -0.39 is 6.04 Å². The Morgan fingerprint density at radius 3 is 2.78 bits per heavy atom. The average molecular weight is 317 g/mol. The van der Waals surface area contributed by atoms with Gasteiger partial charge in [0.25, 0.3) is 0 Å². The molecular formula is C13H18BrFN2O. The molecule has 1 rings (SSSR count). The fraction of sp³-hybridized carbons (Fsp3) is 0.462. The molecular weight excluding hydrogens is 299 g/mol. The third kappa shape index (κ3) is 4.07. The lowest BCUT2D eigenvalue weighted by molar-refractivity contribution is -0.123. The van der Waals surface area contributed by atoms with Gasteiger partial charge in [-0.05, 0) is 23.6 Å². The number of benzene rings is 1. The number of rotatable bonds is 5. The van der Waals surface area contributed by atoms with E-state index in [0.29, 0.717) is 11.0 Å². The SMILES string of the molecule is CCC(C)C(N)C(=O)NCc1ccc(F)cc1Br. The van der Waals surface area contributed by atoms with E-state index in [1.54, 1.807) is 6.07 Å². The van der Waals surface area contributed by atoms with Gasteiger partial charge < -0.3 is 11.1 Å². The van der Waals surface area contributed by atoms with Gasteiger partial charge in [-0.3, -0.25) is 4.79 Å². The second-order valence-electron chi connectivity index (χ2n) is 4.36. The van der Waals surface area contributed by atoms with Gasteiger partial charge in [0.15, 0.2) is 0 Å². The van der Waals surface area contributed by atoms with Gasteiger partial charge >= 0.3 is 0 Å². The fourth-order valence-electron chi connectivity index (χ4n) is 1.48. The van der Waals surface area contributed by atoms with Crippen LogP contribution in [0, 0.1) is 11.7 Å². The largest absolute Gasteiger partial charge is 0.351 e. The molecule has 0 spiro atoms. The maximum atomic E-state index is 12.9. The molecule has 0 bridgehead atoms. The maximum Gasteiger partial charge on any atom is 0.237 e. The number of nitrogens with two attached hydrogens (primary N) is 1. The van der Waals surface area contributed by atoms with E-state index in [1.165, 1.54) is 12.1 Å². The highest BCUT2D eigenvalue weighted by atomic mass is 79.9. The van der Waals surface area contributed by atoms with Crippen molar-refractivity contribution in [2.75, 3.05) is 0 Å². The molecule has 0 fully saturated rings. The highest BCUT2D eigenvalue weighted by Gasteiger charge is 2.19. The predicted octanol–water partition coefficient (Wildman–Crippen LogP) is 2.58. The first-order valence-corrected chi connectivity index (χ1v) is 6.72. The number of carbonyl (C=O) groups is 1. The van der Waals surface area contributed by atoms with Gasteiger partial charge in [-0.25, -0.2) is 4.39 Å². The highest BCUT2D eigenvalue weighted by molar-refractivity contribution is 9.10. The van der Waals surface area contributed by atoms with E-state index in [0.717, 1.165) is 12.0 Å². The smallest absolute Gasteiger partial charge is 0.237 e. The zero-order valence-electron chi connectivity index (χ0n) is 10.5. The van der Waals surface area contributed by atoms with Crippen LogP contribution in [-0.4, -0.2) is 11.9 Å². The molecule has 2 unspecified atom stereocenters. The van der Waals surface area contributed by atoms with Crippen molar-refractivity contribution in [3.05, 3.63) is 34.1 Å². The molecule has 0 aliphatic rings. The summed E-state index contributed by atoms with van der Waals surface area (Å²) in [5, 5.41) is 2.76. The van der Waals surface area contributed by atoms with Crippen molar-refractivity contribution in [3.8, 4) is 0 Å². The molecule has 0 heterocycles. The molecule has 2 atom stereocenters. The van der Waals surface area contributed by atoms with Crippen molar-refractivity contribution >= 4 is 21.8 Å². The summed E-state index contributed by atoms with van der Waals surface area (Å²) < 4.78 is 13.5. The van der Waals surface area contributed by atoms with Crippen molar-refractivity contribution < 1.29 is 9.18 Å². The van der Waals surface area contributed by atoms with Crippen LogP contribution in [0.4, 0.5) is 4.39 Å². The minimum atomic E-state index is -0.505. The first-order chi connectivity index (χ1) is 8.45. The molecule has 0 saturated carbocycles. The van der Waals surface area contributed by atoms with Crippen molar-refractivity contribution in [1.29, 1.82) is 0 Å². The monoisotopic (exact) mass is 316 g/mol. The summed E-state index contributed by atoms with van der Waals surface area (Å²) in [6.45, 7) is 4.27. The topological polar surface area (TPSA) is 55.1 Å². The normalized spacial score (nSPS) is 14.1. The lowest BCUT2D eigenvalue weighted by Crippen LogP contribution is -2.44. The number of halogens is 2. The Hall–Kier alpha value is -0.940. The molecule has 0 aliphatic carbocycles. The minimum Gasteiger partial charge on any atom is -0.351 e. The zero-order valence-corrected chi connectivity index (χ0v) is 12.1. The standard InChI is InChI=1S/C13H18BrFN2O/c1-3-8(2)12(16)13(18)17-7-9-4-5-10(15)6-11(9)14/h4-6,8,12H,3,7,16H2,1-2H3,(H,17,18). The van der Waals surface area contributed by atoms with Crippen LogP contribution >= 0.6 is 15.9 Å². The molecule has 0 radical (unpaired) electrons. The number of hydrogen-bond acceptors (Lipinski definition) is 2. The minimum absolute atomic E-state index is 0.140. The average Bonchev–Trinajstić information content (AvgIpc) is 2.35. The second-order valence-corrected chi connectivity index (χ2v) is 5.22. The summed E-state index contributed by atoms with van der Waals surface area (Å²) in [5.74, 6) is -0.351. The maximum absolute atomic E-state index is 12.9. The molecule has 1 amide bonds. The van der Waals surface area contributed by atoms with Crippen molar-refractivity contribution in [2.45, 2.75) is 32.9 Å². The number of hydrogen-bond donors (Lipinski definition) is 2. The Labute approximate surface area is 115 Å². The van der Waals surface area contributed by atoms with E-state index in [4.69, 9.17) is 5.73 Å². The van der Waals surface area contributed by atoms with Crippen molar-refractivity contribution in [1.82, 2.24) is 5.32 Å². The summed E-state index contributed by atoms with van der Waals surface area (Å²) in [6, 6.07) is 3.86. The van der Waals surface area contributed by atoms with Crippen LogP contribution in [-0.2, 0) is 11.3 Å². The molecule has 1 aromatic carbocycles. The van der Waals surface area contributed by atoms with Crippen molar-refractivity contribution in [3.63, 3.8) is 0 Å². The van der Waals surface area contributed by atoms with Gasteiger partial charge in [-0.1, -0.05) is 42.3 Å². The van der Waals surface area contributed by atoms with Gasteiger partial charge in [-0.2, -0.15) is 0 Å². The molecule has 0 saturated heterocycles. The Bertz CT molecular complexity index is 425. The number of amides is 1. The van der Waals surface area contributed by atoms with Crippen LogP contribution in [0.25, 0.3) is 0 Å². The van der Waals surface area contributed by atoms with Crippen LogP contribution in [0.2, 0.25) is 0 Å². The van der Waals surface area contributed by atoms with E-state index in [2.05, 4.69) is 21.2 Å². The van der Waals surface area contributed by atoms with E-state index in [-0.39, 0.29) is 17.6 Å². The third-order valence-corrected chi connectivity index (χ3v) is 3.77. The third-order valence-electron chi connectivity index (χ3n) is 3.03. The number of carbonyl (C=O) groups excluding carboxylic acids is 1. The zero-order chi connectivity index (χ0) is 13.7. The molecule has 0 aliphatic heterocycles. The van der Waals surface area contributed by atoms with Crippen LogP contribution in [0.15, 0.2) is 22.7 Å². The van der Waals surface area contributed by atoms with Gasteiger partial charge in [0.05, 0.1) is 6.04 Å². The van der Waals surface area contributed by atoms with Crippen LogP contribution in [0.3, 0.4) is 0 Å². The lowest BCUT2D eigenvalue weighted by Gasteiger charge is -2.18. The molecule has 3 nitrogen and oxygen atoms in total. The van der Waals surface area contributed by atoms with Gasteiger partial charge in [-0.15, -0.1) is 0 Å². The van der Waals surface area contributed by atoms with Crippen LogP contribution in [0.5, 0.6) is 0 Å². The quantitative estimate of drug-likeness (QED) is 0.877. The fourth-order valence-corrected chi connectivity index (χ4v) is 1.97. The number of nitrogens with one attached hydrogen (secondary N) is 1. The molecule has 0 aromatic heterocycles. The Balaban J connectivity index is 2.57. The Morgan fingerprint density at radius 1 is 1.56 bits per heavy atom. The summed E-state index contributed by atoms with van der Waals surface area (Å²) in [6.07, 6.45) is 0.856.